The number of fused-ring (bicyclic) bond motifs is 1. The average Bonchev–Trinajstić information content (AvgIpc) is 2.66. The Morgan fingerprint density at radius 1 is 1.27 bits per heavy atom. The van der Waals surface area contributed by atoms with Gasteiger partial charge in [-0.3, -0.25) is 24.8 Å². The largest absolute Gasteiger partial charge is 0.295 e. The van der Waals surface area contributed by atoms with Gasteiger partial charge in [-0.15, -0.1) is 0 Å². The van der Waals surface area contributed by atoms with E-state index in [9.17, 15) is 14.4 Å². The van der Waals surface area contributed by atoms with Crippen molar-refractivity contribution in [3.8, 4) is 0 Å². The van der Waals surface area contributed by atoms with E-state index in [1.165, 1.54) is 4.68 Å². The number of rotatable bonds is 1. The van der Waals surface area contributed by atoms with Crippen molar-refractivity contribution in [2.45, 2.75) is 46.1 Å². The van der Waals surface area contributed by atoms with Crippen LogP contribution in [0.15, 0.2) is 4.79 Å². The van der Waals surface area contributed by atoms with Crippen molar-refractivity contribution in [1.29, 1.82) is 0 Å². The summed E-state index contributed by atoms with van der Waals surface area (Å²) in [6.07, 6.45) is 5.52. The van der Waals surface area contributed by atoms with Crippen molar-refractivity contribution in [3.05, 3.63) is 20.9 Å². The van der Waals surface area contributed by atoms with Crippen LogP contribution in [0.2, 0.25) is 0 Å². The maximum atomic E-state index is 12.6. The van der Waals surface area contributed by atoms with Gasteiger partial charge in [0.25, 0.3) is 11.5 Å². The molecule has 6 heteroatoms. The molecule has 6 nitrogen and oxygen atoms in total. The summed E-state index contributed by atoms with van der Waals surface area (Å²) in [5, 5.41) is 6.83. The first-order valence-electron chi connectivity index (χ1n) is 7.63. The van der Waals surface area contributed by atoms with Gasteiger partial charge in [0, 0.05) is 6.42 Å². The highest BCUT2D eigenvalue weighted by Crippen LogP contribution is 2.33. The van der Waals surface area contributed by atoms with Crippen LogP contribution in [0.4, 0.5) is 0 Å². The number of imide groups is 1. The standard InChI is InChI=1S/C16H21N3O3/c1-9-4-5-11-10(6-9)15(22)19(18-11)12-7-16(2,3)8-13(20)17-14(12)21/h5-6,9,12,18H,4,7-8H2,1-3H3,(H,17,20,21). The van der Waals surface area contributed by atoms with Crippen molar-refractivity contribution in [2.75, 3.05) is 0 Å². The Labute approximate surface area is 127 Å². The molecule has 22 heavy (non-hydrogen) atoms. The number of nitrogens with one attached hydrogen (secondary N) is 2. The Bertz CT molecular complexity index is 813. The number of H-pyrrole nitrogens is 1. The first-order valence-corrected chi connectivity index (χ1v) is 7.63. The number of nitrogens with zero attached hydrogens (tertiary/aromatic N) is 1. The molecule has 2 aliphatic rings. The van der Waals surface area contributed by atoms with Gasteiger partial charge < -0.3 is 0 Å². The van der Waals surface area contributed by atoms with Crippen LogP contribution in [0.25, 0.3) is 12.2 Å². The fourth-order valence-electron chi connectivity index (χ4n) is 3.27. The summed E-state index contributed by atoms with van der Waals surface area (Å²) in [4.78, 5) is 36.7. The molecule has 1 aromatic heterocycles. The van der Waals surface area contributed by atoms with E-state index >= 15 is 0 Å². The number of carbonyl (C=O) groups excluding carboxylic acids is 2. The average molecular weight is 303 g/mol. The van der Waals surface area contributed by atoms with Gasteiger partial charge in [-0.05, 0) is 24.2 Å². The maximum Gasteiger partial charge on any atom is 0.274 e. The summed E-state index contributed by atoms with van der Waals surface area (Å²) in [5.74, 6) is -0.386. The first kappa shape index (κ1) is 14.8. The molecular weight excluding hydrogens is 282 g/mol. The van der Waals surface area contributed by atoms with Crippen LogP contribution in [0.3, 0.4) is 0 Å². The summed E-state index contributed by atoms with van der Waals surface area (Å²) in [5.41, 5.74) is -0.532. The Balaban J connectivity index is 2.11. The second kappa shape index (κ2) is 4.97. The van der Waals surface area contributed by atoms with Gasteiger partial charge >= 0.3 is 0 Å². The Hall–Kier alpha value is -2.11. The number of carbonyl (C=O) groups is 2. The SMILES string of the molecule is CC1C=c2c([nH]n(C3CC(C)(C)CC(=O)NC3=O)c2=O)=CC1. The van der Waals surface area contributed by atoms with E-state index in [1.54, 1.807) is 0 Å². The molecule has 118 valence electrons. The van der Waals surface area contributed by atoms with E-state index in [2.05, 4.69) is 17.3 Å². The molecule has 2 unspecified atom stereocenters. The lowest BCUT2D eigenvalue weighted by Gasteiger charge is -2.24. The zero-order chi connectivity index (χ0) is 16.1. The first-order chi connectivity index (χ1) is 10.3. The predicted molar refractivity (Wildman–Crippen MR) is 82.2 cm³/mol. The second-order valence-electron chi connectivity index (χ2n) is 7.17. The topological polar surface area (TPSA) is 84.0 Å². The zero-order valence-corrected chi connectivity index (χ0v) is 13.1. The van der Waals surface area contributed by atoms with Crippen LogP contribution >= 0.6 is 0 Å². The van der Waals surface area contributed by atoms with E-state index in [1.807, 2.05) is 26.0 Å². The molecule has 2 amide bonds. The minimum Gasteiger partial charge on any atom is -0.295 e. The maximum absolute atomic E-state index is 12.6. The monoisotopic (exact) mass is 303 g/mol. The molecule has 1 fully saturated rings. The van der Waals surface area contributed by atoms with Gasteiger partial charge in [-0.2, -0.15) is 0 Å². The van der Waals surface area contributed by atoms with E-state index < -0.39 is 11.9 Å². The van der Waals surface area contributed by atoms with Crippen molar-refractivity contribution < 1.29 is 9.59 Å². The zero-order valence-electron chi connectivity index (χ0n) is 13.1. The molecule has 0 spiro atoms. The third-order valence-electron chi connectivity index (χ3n) is 4.39. The van der Waals surface area contributed by atoms with Crippen LogP contribution < -0.4 is 21.4 Å². The van der Waals surface area contributed by atoms with Crippen molar-refractivity contribution in [3.63, 3.8) is 0 Å². The highest BCUT2D eigenvalue weighted by molar-refractivity contribution is 5.98. The van der Waals surface area contributed by atoms with Gasteiger partial charge in [0.1, 0.15) is 6.04 Å². The number of aromatic amines is 1. The highest BCUT2D eigenvalue weighted by Gasteiger charge is 2.37. The number of amides is 2. The third-order valence-corrected chi connectivity index (χ3v) is 4.39. The van der Waals surface area contributed by atoms with Crippen molar-refractivity contribution in [2.24, 2.45) is 11.3 Å². The van der Waals surface area contributed by atoms with Crippen LogP contribution in [0, 0.1) is 11.3 Å². The van der Waals surface area contributed by atoms with E-state index in [4.69, 9.17) is 0 Å². The number of aromatic nitrogens is 2. The lowest BCUT2D eigenvalue weighted by Crippen LogP contribution is -2.41. The smallest absolute Gasteiger partial charge is 0.274 e. The summed E-state index contributed by atoms with van der Waals surface area (Å²) < 4.78 is 1.38. The molecule has 2 atom stereocenters. The predicted octanol–water partition coefficient (Wildman–Crippen LogP) is -0.219. The fourth-order valence-corrected chi connectivity index (χ4v) is 3.27. The highest BCUT2D eigenvalue weighted by atomic mass is 16.2. The normalized spacial score (nSPS) is 27.2. The molecular formula is C16H21N3O3. The van der Waals surface area contributed by atoms with Gasteiger partial charge in [0.15, 0.2) is 0 Å². The quantitative estimate of drug-likeness (QED) is 0.704. The second-order valence-corrected chi connectivity index (χ2v) is 7.17. The summed E-state index contributed by atoms with van der Waals surface area (Å²) in [7, 11) is 0. The third kappa shape index (κ3) is 2.53. The van der Waals surface area contributed by atoms with Crippen LogP contribution in [-0.2, 0) is 9.59 Å². The molecule has 0 saturated carbocycles. The molecule has 3 rings (SSSR count). The van der Waals surface area contributed by atoms with Gasteiger partial charge in [0.2, 0.25) is 5.91 Å². The number of hydrogen-bond donors (Lipinski definition) is 2. The molecule has 2 N–H and O–H groups in total. The van der Waals surface area contributed by atoms with Crippen LogP contribution in [0.1, 0.15) is 46.1 Å². The minimum atomic E-state index is -0.684. The van der Waals surface area contributed by atoms with Crippen molar-refractivity contribution >= 4 is 24.0 Å². The molecule has 0 bridgehead atoms. The van der Waals surface area contributed by atoms with E-state index in [0.29, 0.717) is 17.6 Å². The molecule has 1 aliphatic heterocycles. The molecule has 1 saturated heterocycles. The molecule has 0 radical (unpaired) electrons. The molecule has 1 aromatic rings. The van der Waals surface area contributed by atoms with Gasteiger partial charge in [-0.25, -0.2) is 4.68 Å². The summed E-state index contributed by atoms with van der Waals surface area (Å²) in [6.45, 7) is 5.93. The molecule has 0 aromatic carbocycles. The van der Waals surface area contributed by atoms with Crippen molar-refractivity contribution in [1.82, 2.24) is 15.1 Å². The lowest BCUT2D eigenvalue weighted by molar-refractivity contribution is -0.131. The van der Waals surface area contributed by atoms with E-state index in [0.717, 1.165) is 11.8 Å². The van der Waals surface area contributed by atoms with Crippen LogP contribution in [0.5, 0.6) is 0 Å². The number of hydrogen-bond acceptors (Lipinski definition) is 3. The van der Waals surface area contributed by atoms with Gasteiger partial charge in [-0.1, -0.05) is 32.9 Å². The minimum absolute atomic E-state index is 0.192. The molecule has 2 heterocycles. The molecule has 1 aliphatic carbocycles. The Kier molecular flexibility index (Phi) is 3.34. The van der Waals surface area contributed by atoms with E-state index in [-0.39, 0.29) is 23.3 Å². The lowest BCUT2D eigenvalue weighted by atomic mass is 9.83. The fraction of sp³-hybridized carbons (Fsp3) is 0.562. The van der Waals surface area contributed by atoms with Crippen LogP contribution in [-0.4, -0.2) is 21.6 Å². The Morgan fingerprint density at radius 2 is 2.00 bits per heavy atom. The summed E-state index contributed by atoms with van der Waals surface area (Å²) in [6, 6.07) is -0.684. The Morgan fingerprint density at radius 3 is 2.73 bits per heavy atom. The summed E-state index contributed by atoms with van der Waals surface area (Å²) >= 11 is 0. The van der Waals surface area contributed by atoms with Gasteiger partial charge in [0.05, 0.1) is 10.6 Å².